The second-order valence-electron chi connectivity index (χ2n) is 4.31. The molecule has 104 valence electrons. The van der Waals surface area contributed by atoms with Crippen LogP contribution in [-0.2, 0) is 7.05 Å². The van der Waals surface area contributed by atoms with Crippen molar-refractivity contribution in [1.29, 1.82) is 0 Å². The molecule has 0 unspecified atom stereocenters. The van der Waals surface area contributed by atoms with Gasteiger partial charge in [-0.2, -0.15) is 5.10 Å². The molecule has 1 amide bonds. The lowest BCUT2D eigenvalue weighted by Crippen LogP contribution is -2.18. The molecular formula is C13H13BrN4OS. The van der Waals surface area contributed by atoms with Gasteiger partial charge in [0.15, 0.2) is 0 Å². The predicted molar refractivity (Wildman–Crippen MR) is 85.9 cm³/mol. The minimum Gasteiger partial charge on any atom is -0.389 e. The SMILES string of the molecule is Cc1cc(C(=O)Nc2c(C(N)=S)cnn2C)ccc1Br. The van der Waals surface area contributed by atoms with E-state index in [0.717, 1.165) is 10.0 Å². The molecule has 0 bridgehead atoms. The minimum atomic E-state index is -0.235. The van der Waals surface area contributed by atoms with Crippen LogP contribution in [0.15, 0.2) is 28.9 Å². The standard InChI is InChI=1S/C13H13BrN4OS/c1-7-5-8(3-4-10(7)14)13(19)17-12-9(11(15)20)6-16-18(12)2/h3-6H,1-2H3,(H2,15,20)(H,17,19). The number of carbonyl (C=O) groups is 1. The van der Waals surface area contributed by atoms with Crippen LogP contribution in [0.5, 0.6) is 0 Å². The summed E-state index contributed by atoms with van der Waals surface area (Å²) in [7, 11) is 1.71. The Kier molecular flexibility index (Phi) is 4.20. The Morgan fingerprint density at radius 2 is 2.20 bits per heavy atom. The largest absolute Gasteiger partial charge is 0.389 e. The number of rotatable bonds is 3. The third-order valence-electron chi connectivity index (χ3n) is 2.86. The van der Waals surface area contributed by atoms with Gasteiger partial charge in [0.1, 0.15) is 10.8 Å². The minimum absolute atomic E-state index is 0.195. The molecule has 1 aromatic carbocycles. The highest BCUT2D eigenvalue weighted by Crippen LogP contribution is 2.19. The number of benzene rings is 1. The van der Waals surface area contributed by atoms with Gasteiger partial charge < -0.3 is 11.1 Å². The van der Waals surface area contributed by atoms with Gasteiger partial charge in [-0.25, -0.2) is 0 Å². The van der Waals surface area contributed by atoms with Crippen LogP contribution in [0, 0.1) is 6.92 Å². The third kappa shape index (κ3) is 2.88. The quantitative estimate of drug-likeness (QED) is 0.831. The van der Waals surface area contributed by atoms with E-state index < -0.39 is 0 Å². The molecule has 1 heterocycles. The Morgan fingerprint density at radius 1 is 1.50 bits per heavy atom. The Morgan fingerprint density at radius 3 is 2.80 bits per heavy atom. The van der Waals surface area contributed by atoms with E-state index in [0.29, 0.717) is 16.9 Å². The molecule has 7 heteroatoms. The molecule has 0 aliphatic heterocycles. The predicted octanol–water partition coefficient (Wildman–Crippen LogP) is 2.38. The molecule has 0 aliphatic rings. The van der Waals surface area contributed by atoms with Gasteiger partial charge in [0, 0.05) is 17.1 Å². The monoisotopic (exact) mass is 352 g/mol. The number of hydrogen-bond acceptors (Lipinski definition) is 3. The van der Waals surface area contributed by atoms with E-state index in [2.05, 4.69) is 26.3 Å². The second-order valence-corrected chi connectivity index (χ2v) is 5.61. The summed E-state index contributed by atoms with van der Waals surface area (Å²) in [5, 5.41) is 6.83. The van der Waals surface area contributed by atoms with Crippen molar-refractivity contribution in [3.8, 4) is 0 Å². The van der Waals surface area contributed by atoms with E-state index in [1.807, 2.05) is 13.0 Å². The van der Waals surface area contributed by atoms with Gasteiger partial charge in [-0.05, 0) is 30.7 Å². The van der Waals surface area contributed by atoms with Crippen LogP contribution in [-0.4, -0.2) is 20.7 Å². The summed E-state index contributed by atoms with van der Waals surface area (Å²) in [6, 6.07) is 5.38. The summed E-state index contributed by atoms with van der Waals surface area (Å²) >= 11 is 8.34. The van der Waals surface area contributed by atoms with Crippen LogP contribution < -0.4 is 11.1 Å². The first-order valence-corrected chi connectivity index (χ1v) is 6.99. The average molecular weight is 353 g/mol. The van der Waals surface area contributed by atoms with Gasteiger partial charge in [0.05, 0.1) is 11.8 Å². The van der Waals surface area contributed by atoms with Gasteiger partial charge in [-0.15, -0.1) is 0 Å². The van der Waals surface area contributed by atoms with E-state index in [9.17, 15) is 4.79 Å². The van der Waals surface area contributed by atoms with E-state index in [4.69, 9.17) is 18.0 Å². The Labute approximate surface area is 130 Å². The van der Waals surface area contributed by atoms with E-state index in [-0.39, 0.29) is 10.9 Å². The fourth-order valence-corrected chi connectivity index (χ4v) is 2.13. The molecule has 5 nitrogen and oxygen atoms in total. The van der Waals surface area contributed by atoms with E-state index in [1.165, 1.54) is 10.9 Å². The molecule has 0 spiro atoms. The number of halogens is 1. The second kappa shape index (κ2) is 5.72. The molecule has 2 aromatic rings. The van der Waals surface area contributed by atoms with Crippen molar-refractivity contribution in [2.75, 3.05) is 5.32 Å². The summed E-state index contributed by atoms with van der Waals surface area (Å²) < 4.78 is 2.48. The number of nitrogens with two attached hydrogens (primary N) is 1. The van der Waals surface area contributed by atoms with Crippen molar-refractivity contribution in [1.82, 2.24) is 9.78 Å². The maximum absolute atomic E-state index is 12.3. The van der Waals surface area contributed by atoms with Gasteiger partial charge in [-0.1, -0.05) is 28.1 Å². The number of carbonyl (C=O) groups excluding carboxylic acids is 1. The number of anilines is 1. The summed E-state index contributed by atoms with van der Waals surface area (Å²) in [4.78, 5) is 12.4. The Balaban J connectivity index is 2.30. The lowest BCUT2D eigenvalue weighted by molar-refractivity contribution is 0.102. The van der Waals surface area contributed by atoms with Crippen molar-refractivity contribution in [2.24, 2.45) is 12.8 Å². The molecule has 20 heavy (non-hydrogen) atoms. The highest BCUT2D eigenvalue weighted by molar-refractivity contribution is 9.10. The number of aryl methyl sites for hydroxylation is 2. The van der Waals surface area contributed by atoms with Crippen molar-refractivity contribution < 1.29 is 4.79 Å². The van der Waals surface area contributed by atoms with Crippen molar-refractivity contribution in [3.63, 3.8) is 0 Å². The Hall–Kier alpha value is -1.73. The number of nitrogens with zero attached hydrogens (tertiary/aromatic N) is 2. The van der Waals surface area contributed by atoms with Gasteiger partial charge in [-0.3, -0.25) is 9.48 Å². The topological polar surface area (TPSA) is 72.9 Å². The number of aromatic nitrogens is 2. The zero-order chi connectivity index (χ0) is 14.9. The van der Waals surface area contributed by atoms with Gasteiger partial charge >= 0.3 is 0 Å². The smallest absolute Gasteiger partial charge is 0.256 e. The van der Waals surface area contributed by atoms with Crippen LogP contribution in [0.2, 0.25) is 0 Å². The fourth-order valence-electron chi connectivity index (χ4n) is 1.73. The van der Waals surface area contributed by atoms with Crippen LogP contribution in [0.25, 0.3) is 0 Å². The van der Waals surface area contributed by atoms with Gasteiger partial charge in [0.25, 0.3) is 5.91 Å². The molecule has 0 radical (unpaired) electrons. The first-order valence-electron chi connectivity index (χ1n) is 5.79. The molecule has 0 aliphatic carbocycles. The van der Waals surface area contributed by atoms with Crippen LogP contribution in [0.1, 0.15) is 21.5 Å². The third-order valence-corrected chi connectivity index (χ3v) is 3.97. The summed E-state index contributed by atoms with van der Waals surface area (Å²) in [5.41, 5.74) is 7.69. The zero-order valence-corrected chi connectivity index (χ0v) is 13.4. The summed E-state index contributed by atoms with van der Waals surface area (Å²) in [6.07, 6.45) is 1.53. The molecule has 3 N–H and O–H groups in total. The molecule has 0 atom stereocenters. The number of nitrogens with one attached hydrogen (secondary N) is 1. The molecule has 1 aromatic heterocycles. The van der Waals surface area contributed by atoms with Crippen LogP contribution >= 0.6 is 28.1 Å². The summed E-state index contributed by atoms with van der Waals surface area (Å²) in [5.74, 6) is 0.254. The fraction of sp³-hybridized carbons (Fsp3) is 0.154. The molecular weight excluding hydrogens is 340 g/mol. The van der Waals surface area contributed by atoms with E-state index in [1.54, 1.807) is 19.2 Å². The number of amides is 1. The first kappa shape index (κ1) is 14.7. The lowest BCUT2D eigenvalue weighted by atomic mass is 10.1. The molecule has 0 saturated heterocycles. The van der Waals surface area contributed by atoms with Crippen molar-refractivity contribution in [2.45, 2.75) is 6.92 Å². The Bertz CT molecular complexity index is 696. The number of thiocarbonyl (C=S) groups is 1. The maximum Gasteiger partial charge on any atom is 0.256 e. The van der Waals surface area contributed by atoms with Crippen molar-refractivity contribution >= 4 is 44.9 Å². The summed E-state index contributed by atoms with van der Waals surface area (Å²) in [6.45, 7) is 1.92. The molecule has 0 saturated carbocycles. The zero-order valence-electron chi connectivity index (χ0n) is 11.0. The van der Waals surface area contributed by atoms with Crippen molar-refractivity contribution in [3.05, 3.63) is 45.6 Å². The van der Waals surface area contributed by atoms with Gasteiger partial charge in [0.2, 0.25) is 0 Å². The first-order chi connectivity index (χ1) is 9.40. The van der Waals surface area contributed by atoms with E-state index >= 15 is 0 Å². The lowest BCUT2D eigenvalue weighted by Gasteiger charge is -2.09. The van der Waals surface area contributed by atoms with Crippen LogP contribution in [0.4, 0.5) is 5.82 Å². The maximum atomic E-state index is 12.3. The average Bonchev–Trinajstić information content (AvgIpc) is 2.74. The molecule has 2 rings (SSSR count). The highest BCUT2D eigenvalue weighted by Gasteiger charge is 2.15. The normalized spacial score (nSPS) is 10.3. The van der Waals surface area contributed by atoms with Crippen LogP contribution in [0.3, 0.4) is 0 Å². The molecule has 0 fully saturated rings. The number of hydrogen-bond donors (Lipinski definition) is 2. The highest BCUT2D eigenvalue weighted by atomic mass is 79.9.